The van der Waals surface area contributed by atoms with Crippen molar-refractivity contribution in [2.45, 2.75) is 32.7 Å². The molecule has 1 aromatic heterocycles. The van der Waals surface area contributed by atoms with E-state index >= 15 is 0 Å². The van der Waals surface area contributed by atoms with Gasteiger partial charge in [-0.25, -0.2) is 4.79 Å². The van der Waals surface area contributed by atoms with Gasteiger partial charge in [0.2, 0.25) is 0 Å². The predicted molar refractivity (Wildman–Crippen MR) is 95.6 cm³/mol. The van der Waals surface area contributed by atoms with Gasteiger partial charge in [0.15, 0.2) is 0 Å². The molecule has 1 aliphatic heterocycles. The molecular formula is C18H23N5O2. The van der Waals surface area contributed by atoms with Gasteiger partial charge in [0.25, 0.3) is 5.91 Å². The Bertz CT molecular complexity index is 762. The average molecular weight is 341 g/mol. The van der Waals surface area contributed by atoms with Crippen molar-refractivity contribution in [2.24, 2.45) is 0 Å². The Kier molecular flexibility index (Phi) is 4.74. The molecule has 1 aliphatic rings. The number of likely N-dealkylation sites (tertiary alicyclic amines) is 1. The number of hydrogen-bond donors (Lipinski definition) is 3. The van der Waals surface area contributed by atoms with E-state index in [4.69, 9.17) is 0 Å². The number of amides is 3. The fourth-order valence-electron chi connectivity index (χ4n) is 3.41. The lowest BCUT2D eigenvalue weighted by Crippen LogP contribution is -2.34. The highest BCUT2D eigenvalue weighted by molar-refractivity contribution is 5.95. The number of anilines is 1. The third-order valence-corrected chi connectivity index (χ3v) is 4.66. The zero-order chi connectivity index (χ0) is 18.0. The van der Waals surface area contributed by atoms with Crippen LogP contribution < -0.4 is 10.6 Å². The molecule has 3 N–H and O–H groups in total. The summed E-state index contributed by atoms with van der Waals surface area (Å²) in [5, 5.41) is 12.7. The summed E-state index contributed by atoms with van der Waals surface area (Å²) in [6, 6.07) is 6.78. The number of urea groups is 1. The number of hydrogen-bond acceptors (Lipinski definition) is 3. The van der Waals surface area contributed by atoms with Crippen molar-refractivity contribution in [2.75, 3.05) is 18.9 Å². The molecule has 1 aromatic carbocycles. The van der Waals surface area contributed by atoms with Crippen LogP contribution in [0.1, 0.15) is 46.2 Å². The smallest absolute Gasteiger partial charge is 0.322 e. The minimum Gasteiger partial charge on any atom is -0.355 e. The summed E-state index contributed by atoms with van der Waals surface area (Å²) >= 11 is 0. The molecule has 1 unspecified atom stereocenters. The Morgan fingerprint density at radius 3 is 2.56 bits per heavy atom. The molecule has 0 bridgehead atoms. The van der Waals surface area contributed by atoms with Gasteiger partial charge in [-0.1, -0.05) is 0 Å². The fraction of sp³-hybridized carbons (Fsp3) is 0.389. The van der Waals surface area contributed by atoms with Crippen LogP contribution in [0.5, 0.6) is 0 Å². The number of carbonyl (C=O) groups is 2. The number of benzene rings is 1. The second kappa shape index (κ2) is 6.96. The Morgan fingerprint density at radius 1 is 1.24 bits per heavy atom. The topological polar surface area (TPSA) is 90.1 Å². The van der Waals surface area contributed by atoms with E-state index in [9.17, 15) is 9.59 Å². The van der Waals surface area contributed by atoms with Crippen LogP contribution in [0.15, 0.2) is 24.3 Å². The van der Waals surface area contributed by atoms with Crippen LogP contribution >= 0.6 is 0 Å². The molecule has 132 valence electrons. The average Bonchev–Trinajstić information content (AvgIpc) is 3.21. The number of nitrogens with one attached hydrogen (secondary N) is 3. The van der Waals surface area contributed by atoms with E-state index in [1.165, 1.54) is 0 Å². The summed E-state index contributed by atoms with van der Waals surface area (Å²) in [6.07, 6.45) is 1.90. The van der Waals surface area contributed by atoms with Crippen LogP contribution in [-0.4, -0.2) is 40.6 Å². The Balaban J connectivity index is 1.73. The minimum atomic E-state index is -0.150. The Morgan fingerprint density at radius 2 is 1.96 bits per heavy atom. The van der Waals surface area contributed by atoms with Crippen molar-refractivity contribution in [3.05, 3.63) is 46.8 Å². The number of H-pyrrole nitrogens is 1. The van der Waals surface area contributed by atoms with Crippen LogP contribution in [0.3, 0.4) is 0 Å². The fourth-order valence-corrected chi connectivity index (χ4v) is 3.41. The molecule has 25 heavy (non-hydrogen) atoms. The van der Waals surface area contributed by atoms with E-state index in [0.29, 0.717) is 11.3 Å². The van der Waals surface area contributed by atoms with Crippen LogP contribution in [0, 0.1) is 13.8 Å². The lowest BCUT2D eigenvalue weighted by atomic mass is 10.0. The van der Waals surface area contributed by atoms with Crippen LogP contribution in [-0.2, 0) is 0 Å². The van der Waals surface area contributed by atoms with Gasteiger partial charge in [-0.2, -0.15) is 5.10 Å². The summed E-state index contributed by atoms with van der Waals surface area (Å²) in [4.78, 5) is 26.2. The van der Waals surface area contributed by atoms with Crippen molar-refractivity contribution in [1.82, 2.24) is 20.4 Å². The molecule has 0 spiro atoms. The van der Waals surface area contributed by atoms with E-state index < -0.39 is 0 Å². The highest BCUT2D eigenvalue weighted by atomic mass is 16.2. The summed E-state index contributed by atoms with van der Waals surface area (Å²) < 4.78 is 0. The minimum absolute atomic E-state index is 0.0453. The summed E-state index contributed by atoms with van der Waals surface area (Å²) in [7, 11) is 1.59. The number of rotatable bonds is 3. The number of aryl methyl sites for hydroxylation is 2. The lowest BCUT2D eigenvalue weighted by molar-refractivity contribution is 0.0963. The lowest BCUT2D eigenvalue weighted by Gasteiger charge is -2.25. The molecule has 3 amide bonds. The van der Waals surface area contributed by atoms with Crippen LogP contribution in [0.4, 0.5) is 10.5 Å². The first-order valence-electron chi connectivity index (χ1n) is 8.42. The maximum Gasteiger partial charge on any atom is 0.322 e. The molecule has 7 nitrogen and oxygen atoms in total. The molecule has 3 rings (SSSR count). The third-order valence-electron chi connectivity index (χ3n) is 4.66. The Labute approximate surface area is 146 Å². The monoisotopic (exact) mass is 341 g/mol. The van der Waals surface area contributed by atoms with Crippen LogP contribution in [0.25, 0.3) is 0 Å². The SMILES string of the molecule is CNC(=O)c1ccc(NC(=O)N2CCCC2c2c(C)n[nH]c2C)cc1. The zero-order valence-corrected chi connectivity index (χ0v) is 14.7. The van der Waals surface area contributed by atoms with E-state index in [1.54, 1.807) is 31.3 Å². The van der Waals surface area contributed by atoms with E-state index in [1.807, 2.05) is 18.7 Å². The molecular weight excluding hydrogens is 318 g/mol. The molecule has 1 fully saturated rings. The third kappa shape index (κ3) is 3.35. The number of carbonyl (C=O) groups excluding carboxylic acids is 2. The van der Waals surface area contributed by atoms with Gasteiger partial charge in [-0.05, 0) is 51.0 Å². The number of aromatic amines is 1. The van der Waals surface area contributed by atoms with Gasteiger partial charge in [-0.3, -0.25) is 9.89 Å². The van der Waals surface area contributed by atoms with Crippen molar-refractivity contribution in [3.63, 3.8) is 0 Å². The van der Waals surface area contributed by atoms with Crippen molar-refractivity contribution in [1.29, 1.82) is 0 Å². The molecule has 0 aliphatic carbocycles. The highest BCUT2D eigenvalue weighted by Crippen LogP contribution is 2.35. The molecule has 0 saturated carbocycles. The largest absolute Gasteiger partial charge is 0.355 e. The van der Waals surface area contributed by atoms with Gasteiger partial charge in [-0.15, -0.1) is 0 Å². The van der Waals surface area contributed by atoms with Gasteiger partial charge in [0.1, 0.15) is 0 Å². The highest BCUT2D eigenvalue weighted by Gasteiger charge is 2.33. The summed E-state index contributed by atoms with van der Waals surface area (Å²) in [5.74, 6) is -0.150. The van der Waals surface area contributed by atoms with Crippen molar-refractivity contribution < 1.29 is 9.59 Å². The molecule has 0 radical (unpaired) electrons. The van der Waals surface area contributed by atoms with Crippen molar-refractivity contribution >= 4 is 17.6 Å². The van der Waals surface area contributed by atoms with Gasteiger partial charge < -0.3 is 15.5 Å². The summed E-state index contributed by atoms with van der Waals surface area (Å²) in [5.41, 5.74) is 4.30. The normalized spacial score (nSPS) is 16.8. The first-order valence-corrected chi connectivity index (χ1v) is 8.42. The molecule has 1 saturated heterocycles. The van der Waals surface area contributed by atoms with E-state index in [-0.39, 0.29) is 18.0 Å². The van der Waals surface area contributed by atoms with Crippen molar-refractivity contribution in [3.8, 4) is 0 Å². The van der Waals surface area contributed by atoms with Gasteiger partial charge in [0.05, 0.1) is 11.7 Å². The van der Waals surface area contributed by atoms with E-state index in [0.717, 1.165) is 36.3 Å². The molecule has 7 heteroatoms. The quantitative estimate of drug-likeness (QED) is 0.802. The molecule has 1 atom stereocenters. The van der Waals surface area contributed by atoms with Gasteiger partial charge in [0, 0.05) is 36.1 Å². The number of nitrogens with zero attached hydrogens (tertiary/aromatic N) is 2. The zero-order valence-electron chi connectivity index (χ0n) is 14.7. The predicted octanol–water partition coefficient (Wildman–Crippen LogP) is 2.76. The first kappa shape index (κ1) is 17.0. The summed E-state index contributed by atoms with van der Waals surface area (Å²) in [6.45, 7) is 4.67. The Hall–Kier alpha value is -2.83. The van der Waals surface area contributed by atoms with E-state index in [2.05, 4.69) is 20.8 Å². The standard InChI is InChI=1S/C18H23N5O2/c1-11-16(12(2)22-21-11)15-5-4-10-23(15)18(25)20-14-8-6-13(7-9-14)17(24)19-3/h6-9,15H,4-5,10H2,1-3H3,(H,19,24)(H,20,25)(H,21,22). The maximum absolute atomic E-state index is 12.7. The molecule has 2 heterocycles. The first-order chi connectivity index (χ1) is 12.0. The second-order valence-electron chi connectivity index (χ2n) is 6.29. The number of aromatic nitrogens is 2. The van der Waals surface area contributed by atoms with Gasteiger partial charge >= 0.3 is 6.03 Å². The maximum atomic E-state index is 12.7. The second-order valence-corrected chi connectivity index (χ2v) is 6.29. The molecule has 2 aromatic rings. The van der Waals surface area contributed by atoms with Crippen LogP contribution in [0.2, 0.25) is 0 Å².